The number of carbonyl (C=O) groups is 2. The number of ether oxygens (including phenoxy) is 1. The molecule has 0 aromatic carbocycles. The van der Waals surface area contributed by atoms with E-state index in [9.17, 15) is 14.7 Å². The van der Waals surface area contributed by atoms with Crippen LogP contribution in [0.1, 0.15) is 53.9 Å². The molecule has 2 unspecified atom stereocenters. The summed E-state index contributed by atoms with van der Waals surface area (Å²) < 4.78 is 5.97. The summed E-state index contributed by atoms with van der Waals surface area (Å²) in [5.74, 6) is -1.82. The number of carboxylic acids is 1. The third kappa shape index (κ3) is 2.55. The van der Waals surface area contributed by atoms with Crippen LogP contribution in [0.25, 0.3) is 0 Å². The molecule has 1 saturated heterocycles. The molecule has 0 spiro atoms. The summed E-state index contributed by atoms with van der Waals surface area (Å²) in [6.07, 6.45) is 2.44. The topological polar surface area (TPSA) is 75.6 Å². The van der Waals surface area contributed by atoms with Crippen LogP contribution in [0.3, 0.4) is 0 Å². The van der Waals surface area contributed by atoms with E-state index >= 15 is 0 Å². The molecule has 5 heteroatoms. The van der Waals surface area contributed by atoms with Crippen molar-refractivity contribution in [3.63, 3.8) is 0 Å². The lowest BCUT2D eigenvalue weighted by molar-refractivity contribution is -0.164. The number of carbonyl (C=O) groups excluding carboxylic acids is 1. The zero-order chi connectivity index (χ0) is 15.3. The molecule has 2 rings (SSSR count). The average Bonchev–Trinajstić information content (AvgIpc) is 3.02. The summed E-state index contributed by atoms with van der Waals surface area (Å²) in [6, 6.07) is 0.152. The normalized spacial score (nSPS) is 30.6. The van der Waals surface area contributed by atoms with Crippen LogP contribution in [0.2, 0.25) is 0 Å². The van der Waals surface area contributed by atoms with Gasteiger partial charge in [0.05, 0.1) is 11.2 Å². The molecular weight excluding hydrogens is 258 g/mol. The van der Waals surface area contributed by atoms with E-state index in [2.05, 4.69) is 5.32 Å². The predicted octanol–water partition coefficient (Wildman–Crippen LogP) is 1.95. The first-order chi connectivity index (χ1) is 8.99. The number of hydrogen-bond donors (Lipinski definition) is 2. The van der Waals surface area contributed by atoms with Gasteiger partial charge in [0.25, 0.3) is 0 Å². The SMILES string of the molecule is CC1(C)CC(C(C)(C(=O)O)C(=O)NC2CC2)C(C)(C)O1. The highest BCUT2D eigenvalue weighted by atomic mass is 16.5. The molecule has 2 fully saturated rings. The van der Waals surface area contributed by atoms with Crippen molar-refractivity contribution < 1.29 is 19.4 Å². The standard InChI is InChI=1S/C15H25NO4/c1-13(2)8-10(14(3,4)20-13)15(5,12(18)19)11(17)16-9-6-7-9/h9-10H,6-8H2,1-5H3,(H,16,17)(H,18,19). The summed E-state index contributed by atoms with van der Waals surface area (Å²) >= 11 is 0. The molecule has 20 heavy (non-hydrogen) atoms. The summed E-state index contributed by atoms with van der Waals surface area (Å²) in [5.41, 5.74) is -2.51. The van der Waals surface area contributed by atoms with Gasteiger partial charge in [0.1, 0.15) is 5.41 Å². The van der Waals surface area contributed by atoms with Crippen LogP contribution in [-0.4, -0.2) is 34.2 Å². The molecule has 2 atom stereocenters. The molecule has 114 valence electrons. The zero-order valence-corrected chi connectivity index (χ0v) is 12.9. The fraction of sp³-hybridized carbons (Fsp3) is 0.867. The maximum Gasteiger partial charge on any atom is 0.319 e. The van der Waals surface area contributed by atoms with Crippen molar-refractivity contribution in [1.82, 2.24) is 5.32 Å². The fourth-order valence-corrected chi connectivity index (χ4v) is 3.43. The monoisotopic (exact) mass is 283 g/mol. The maximum absolute atomic E-state index is 12.5. The van der Waals surface area contributed by atoms with Gasteiger partial charge in [-0.15, -0.1) is 0 Å². The number of carboxylic acid groups (broad SMARTS) is 1. The molecule has 1 amide bonds. The lowest BCUT2D eigenvalue weighted by Crippen LogP contribution is -2.54. The first-order valence-electron chi connectivity index (χ1n) is 7.23. The van der Waals surface area contributed by atoms with E-state index in [1.807, 2.05) is 27.7 Å². The molecule has 1 heterocycles. The van der Waals surface area contributed by atoms with Crippen LogP contribution in [0, 0.1) is 11.3 Å². The molecule has 0 radical (unpaired) electrons. The van der Waals surface area contributed by atoms with Gasteiger partial charge in [-0.05, 0) is 53.9 Å². The molecular formula is C15H25NO4. The Morgan fingerprint density at radius 1 is 1.25 bits per heavy atom. The molecule has 0 bridgehead atoms. The summed E-state index contributed by atoms with van der Waals surface area (Å²) in [4.78, 5) is 24.3. The van der Waals surface area contributed by atoms with E-state index in [0.29, 0.717) is 6.42 Å². The van der Waals surface area contributed by atoms with E-state index in [1.54, 1.807) is 0 Å². The van der Waals surface area contributed by atoms with E-state index in [1.165, 1.54) is 6.92 Å². The lowest BCUT2D eigenvalue weighted by Gasteiger charge is -2.37. The Hall–Kier alpha value is -1.10. The van der Waals surface area contributed by atoms with Gasteiger partial charge in [0.15, 0.2) is 0 Å². The van der Waals surface area contributed by atoms with E-state index in [0.717, 1.165) is 12.8 Å². The van der Waals surface area contributed by atoms with Gasteiger partial charge in [-0.25, -0.2) is 0 Å². The van der Waals surface area contributed by atoms with Gasteiger partial charge in [0.2, 0.25) is 5.91 Å². The fourth-order valence-electron chi connectivity index (χ4n) is 3.43. The van der Waals surface area contributed by atoms with Crippen molar-refractivity contribution in [2.75, 3.05) is 0 Å². The number of rotatable bonds is 4. The molecule has 0 aromatic rings. The second-order valence-corrected chi connectivity index (χ2v) is 7.48. The average molecular weight is 283 g/mol. The zero-order valence-electron chi connectivity index (χ0n) is 12.9. The van der Waals surface area contributed by atoms with Gasteiger partial charge in [0, 0.05) is 12.0 Å². The second kappa shape index (κ2) is 4.45. The molecule has 2 N–H and O–H groups in total. The van der Waals surface area contributed by atoms with Gasteiger partial charge >= 0.3 is 5.97 Å². The molecule has 5 nitrogen and oxygen atoms in total. The highest BCUT2D eigenvalue weighted by Crippen LogP contribution is 2.50. The number of hydrogen-bond acceptors (Lipinski definition) is 3. The Morgan fingerprint density at radius 2 is 1.80 bits per heavy atom. The van der Waals surface area contributed by atoms with Crippen LogP contribution < -0.4 is 5.32 Å². The van der Waals surface area contributed by atoms with Crippen LogP contribution in [0.5, 0.6) is 0 Å². The highest BCUT2D eigenvalue weighted by Gasteiger charge is 2.60. The van der Waals surface area contributed by atoms with Crippen LogP contribution >= 0.6 is 0 Å². The van der Waals surface area contributed by atoms with Gasteiger partial charge in [-0.1, -0.05) is 0 Å². The largest absolute Gasteiger partial charge is 0.480 e. The van der Waals surface area contributed by atoms with Crippen molar-refractivity contribution in [2.45, 2.75) is 71.1 Å². The molecule has 1 aliphatic carbocycles. The third-order valence-corrected chi connectivity index (χ3v) is 4.60. The van der Waals surface area contributed by atoms with Crippen molar-refractivity contribution in [3.05, 3.63) is 0 Å². The Kier molecular flexibility index (Phi) is 3.40. The quantitative estimate of drug-likeness (QED) is 0.773. The molecule has 1 saturated carbocycles. The lowest BCUT2D eigenvalue weighted by atomic mass is 9.67. The minimum atomic E-state index is -1.46. The maximum atomic E-state index is 12.5. The summed E-state index contributed by atoms with van der Waals surface area (Å²) in [5, 5.41) is 12.5. The predicted molar refractivity (Wildman–Crippen MR) is 74.3 cm³/mol. The summed E-state index contributed by atoms with van der Waals surface area (Å²) in [7, 11) is 0. The Labute approximate surface area is 120 Å². The third-order valence-electron chi connectivity index (χ3n) is 4.60. The highest BCUT2D eigenvalue weighted by molar-refractivity contribution is 6.02. The minimum absolute atomic E-state index is 0.152. The number of aliphatic carboxylic acids is 1. The minimum Gasteiger partial charge on any atom is -0.480 e. The van der Waals surface area contributed by atoms with Gasteiger partial charge in [-0.2, -0.15) is 0 Å². The van der Waals surface area contributed by atoms with Crippen LogP contribution in [-0.2, 0) is 14.3 Å². The summed E-state index contributed by atoms with van der Waals surface area (Å²) in [6.45, 7) is 9.16. The first-order valence-corrected chi connectivity index (χ1v) is 7.23. The van der Waals surface area contributed by atoms with E-state index < -0.39 is 22.6 Å². The molecule has 1 aliphatic heterocycles. The Bertz CT molecular complexity index is 439. The first kappa shape index (κ1) is 15.3. The Balaban J connectivity index is 2.32. The van der Waals surface area contributed by atoms with Crippen molar-refractivity contribution >= 4 is 11.9 Å². The smallest absolute Gasteiger partial charge is 0.319 e. The Morgan fingerprint density at radius 3 is 2.15 bits per heavy atom. The van der Waals surface area contributed by atoms with Crippen molar-refractivity contribution in [2.24, 2.45) is 11.3 Å². The number of amides is 1. The van der Waals surface area contributed by atoms with E-state index in [4.69, 9.17) is 4.74 Å². The molecule has 2 aliphatic rings. The van der Waals surface area contributed by atoms with Crippen molar-refractivity contribution in [3.8, 4) is 0 Å². The van der Waals surface area contributed by atoms with Crippen LogP contribution in [0.15, 0.2) is 0 Å². The van der Waals surface area contributed by atoms with Crippen molar-refractivity contribution in [1.29, 1.82) is 0 Å². The van der Waals surface area contributed by atoms with E-state index in [-0.39, 0.29) is 17.9 Å². The second-order valence-electron chi connectivity index (χ2n) is 7.48. The number of nitrogens with one attached hydrogen (secondary N) is 1. The van der Waals surface area contributed by atoms with Gasteiger partial charge in [-0.3, -0.25) is 9.59 Å². The molecule has 0 aromatic heterocycles. The van der Waals surface area contributed by atoms with Gasteiger partial charge < -0.3 is 15.2 Å². The van der Waals surface area contributed by atoms with Crippen LogP contribution in [0.4, 0.5) is 0 Å².